The van der Waals surface area contributed by atoms with Gasteiger partial charge in [0.1, 0.15) is 13.2 Å². The van der Waals surface area contributed by atoms with Crippen LogP contribution in [0.4, 0.5) is 5.69 Å². The zero-order valence-corrected chi connectivity index (χ0v) is 13.2. The fourth-order valence-electron chi connectivity index (χ4n) is 1.91. The van der Waals surface area contributed by atoms with Gasteiger partial charge in [-0.2, -0.15) is 0 Å². The van der Waals surface area contributed by atoms with Gasteiger partial charge in [0.2, 0.25) is 5.91 Å². The van der Waals surface area contributed by atoms with Gasteiger partial charge < -0.3 is 14.8 Å². The van der Waals surface area contributed by atoms with Crippen molar-refractivity contribution in [2.75, 3.05) is 24.3 Å². The second kappa shape index (κ2) is 6.85. The first-order valence-electron chi connectivity index (χ1n) is 6.83. The second-order valence-corrected chi connectivity index (χ2v) is 6.57. The Morgan fingerprint density at radius 2 is 1.86 bits per heavy atom. The highest BCUT2D eigenvalue weighted by molar-refractivity contribution is 8.00. The first-order valence-corrected chi connectivity index (χ1v) is 7.88. The lowest BCUT2D eigenvalue weighted by atomic mass is 10.1. The van der Waals surface area contributed by atoms with Gasteiger partial charge in [0.25, 0.3) is 0 Å². The molecular formula is C15H19NO4S. The van der Waals surface area contributed by atoms with Gasteiger partial charge in [0.15, 0.2) is 17.3 Å². The number of thioether (sulfide) groups is 1. The quantitative estimate of drug-likeness (QED) is 0.847. The van der Waals surface area contributed by atoms with Gasteiger partial charge in [0.05, 0.1) is 11.4 Å². The lowest BCUT2D eigenvalue weighted by Gasteiger charge is -2.20. The van der Waals surface area contributed by atoms with Crippen LogP contribution in [0.5, 0.6) is 11.5 Å². The molecule has 21 heavy (non-hydrogen) atoms. The van der Waals surface area contributed by atoms with Gasteiger partial charge in [0, 0.05) is 11.6 Å². The van der Waals surface area contributed by atoms with Gasteiger partial charge in [-0.25, -0.2) is 0 Å². The summed E-state index contributed by atoms with van der Waals surface area (Å²) in [5.41, 5.74) is 0.906. The maximum atomic E-state index is 11.9. The zero-order valence-electron chi connectivity index (χ0n) is 12.4. The van der Waals surface area contributed by atoms with E-state index in [1.165, 1.54) is 6.92 Å². The zero-order chi connectivity index (χ0) is 15.4. The number of nitrogens with one attached hydrogen (secondary N) is 1. The van der Waals surface area contributed by atoms with E-state index < -0.39 is 0 Å². The highest BCUT2D eigenvalue weighted by Gasteiger charge is 2.19. The van der Waals surface area contributed by atoms with Crippen molar-refractivity contribution in [1.82, 2.24) is 0 Å². The molecule has 1 aromatic rings. The molecule has 0 unspecified atom stereocenters. The van der Waals surface area contributed by atoms with Crippen LogP contribution in [0, 0.1) is 0 Å². The molecule has 6 heteroatoms. The molecule has 1 aliphatic heterocycles. The average molecular weight is 309 g/mol. The van der Waals surface area contributed by atoms with Crippen LogP contribution >= 0.6 is 11.8 Å². The molecule has 5 nitrogen and oxygen atoms in total. The lowest BCUT2D eigenvalue weighted by molar-refractivity contribution is -0.113. The summed E-state index contributed by atoms with van der Waals surface area (Å²) < 4.78 is 10.9. The molecule has 2 rings (SSSR count). The van der Waals surface area contributed by atoms with Crippen molar-refractivity contribution in [1.29, 1.82) is 0 Å². The number of anilines is 1. The molecular weight excluding hydrogens is 290 g/mol. The minimum Gasteiger partial charge on any atom is -0.486 e. The number of benzene rings is 1. The Balaban J connectivity index is 2.20. The van der Waals surface area contributed by atoms with Crippen molar-refractivity contribution in [2.45, 2.75) is 26.0 Å². The van der Waals surface area contributed by atoms with Crippen LogP contribution in [-0.4, -0.2) is 35.9 Å². The fourth-order valence-corrected chi connectivity index (χ4v) is 2.47. The third kappa shape index (κ3) is 4.14. The van der Waals surface area contributed by atoms with Crippen LogP contribution in [-0.2, 0) is 4.79 Å². The molecule has 1 heterocycles. The van der Waals surface area contributed by atoms with Gasteiger partial charge in [-0.1, -0.05) is 13.8 Å². The summed E-state index contributed by atoms with van der Waals surface area (Å²) in [5.74, 6) is 1.19. The summed E-state index contributed by atoms with van der Waals surface area (Å²) in [4.78, 5) is 23.7. The molecule has 0 bridgehead atoms. The Bertz CT molecular complexity index is 557. The van der Waals surface area contributed by atoms with Crippen molar-refractivity contribution >= 4 is 29.1 Å². The van der Waals surface area contributed by atoms with Crippen LogP contribution in [0.3, 0.4) is 0 Å². The van der Waals surface area contributed by atoms with E-state index in [0.29, 0.717) is 47.0 Å². The van der Waals surface area contributed by atoms with Gasteiger partial charge >= 0.3 is 0 Å². The van der Waals surface area contributed by atoms with E-state index in [1.54, 1.807) is 23.9 Å². The van der Waals surface area contributed by atoms with Crippen LogP contribution in [0.25, 0.3) is 0 Å². The van der Waals surface area contributed by atoms with Crippen LogP contribution in [0.15, 0.2) is 12.1 Å². The van der Waals surface area contributed by atoms with E-state index in [1.807, 2.05) is 13.8 Å². The maximum Gasteiger partial charge on any atom is 0.234 e. The molecule has 0 radical (unpaired) electrons. The molecule has 0 aromatic heterocycles. The minimum absolute atomic E-state index is 0.126. The standard InChI is InChI=1S/C15H19NO4S/c1-9(2)21-8-15(18)16-12-7-14-13(19-4-5-20-14)6-11(12)10(3)17/h6-7,9H,4-5,8H2,1-3H3,(H,16,18). The van der Waals surface area contributed by atoms with E-state index in [2.05, 4.69) is 5.32 Å². The molecule has 0 atom stereocenters. The van der Waals surface area contributed by atoms with E-state index in [4.69, 9.17) is 9.47 Å². The average Bonchev–Trinajstić information content (AvgIpc) is 2.44. The Kier molecular flexibility index (Phi) is 5.12. The number of fused-ring (bicyclic) bond motifs is 1. The SMILES string of the molecule is CC(=O)c1cc2c(cc1NC(=O)CSC(C)C)OCCO2. The van der Waals surface area contributed by atoms with E-state index >= 15 is 0 Å². The smallest absolute Gasteiger partial charge is 0.234 e. The highest BCUT2D eigenvalue weighted by Crippen LogP contribution is 2.35. The summed E-state index contributed by atoms with van der Waals surface area (Å²) in [7, 11) is 0. The van der Waals surface area contributed by atoms with Crippen molar-refractivity contribution in [3.8, 4) is 11.5 Å². The molecule has 1 amide bonds. The summed E-state index contributed by atoms with van der Waals surface area (Å²) in [6.45, 7) is 6.44. The van der Waals surface area contributed by atoms with E-state index in [9.17, 15) is 9.59 Å². The Hall–Kier alpha value is -1.69. The number of carbonyl (C=O) groups excluding carboxylic acids is 2. The van der Waals surface area contributed by atoms with Gasteiger partial charge in [-0.15, -0.1) is 11.8 Å². The Morgan fingerprint density at radius 1 is 1.24 bits per heavy atom. The van der Waals surface area contributed by atoms with E-state index in [0.717, 1.165) is 0 Å². The first-order chi connectivity index (χ1) is 9.97. The molecule has 0 fully saturated rings. The largest absolute Gasteiger partial charge is 0.486 e. The molecule has 1 N–H and O–H groups in total. The predicted octanol–water partition coefficient (Wildman–Crippen LogP) is 2.74. The number of Topliss-reactive ketones (excluding diaryl/α,β-unsaturated/α-hetero) is 1. The Morgan fingerprint density at radius 3 is 2.43 bits per heavy atom. The first kappa shape index (κ1) is 15.7. The molecule has 114 valence electrons. The number of carbonyl (C=O) groups is 2. The number of hydrogen-bond acceptors (Lipinski definition) is 5. The summed E-state index contributed by atoms with van der Waals surface area (Å²) in [5, 5.41) is 3.16. The topological polar surface area (TPSA) is 64.6 Å². The minimum atomic E-state index is -0.132. The normalized spacial score (nSPS) is 13.1. The van der Waals surface area contributed by atoms with Crippen LogP contribution in [0.1, 0.15) is 31.1 Å². The predicted molar refractivity (Wildman–Crippen MR) is 83.7 cm³/mol. The van der Waals surface area contributed by atoms with Crippen LogP contribution in [0.2, 0.25) is 0 Å². The Labute approximate surface area is 128 Å². The van der Waals surface area contributed by atoms with Crippen LogP contribution < -0.4 is 14.8 Å². The second-order valence-electron chi connectivity index (χ2n) is 5.01. The third-order valence-electron chi connectivity index (χ3n) is 2.88. The molecule has 1 aliphatic rings. The fraction of sp³-hybridized carbons (Fsp3) is 0.467. The van der Waals surface area contributed by atoms with Gasteiger partial charge in [-0.3, -0.25) is 9.59 Å². The number of ether oxygens (including phenoxy) is 2. The van der Waals surface area contributed by atoms with Gasteiger partial charge in [-0.05, 0) is 18.2 Å². The maximum absolute atomic E-state index is 11.9. The molecule has 0 aliphatic carbocycles. The number of hydrogen-bond donors (Lipinski definition) is 1. The summed E-state index contributed by atoms with van der Waals surface area (Å²) in [6.07, 6.45) is 0. The van der Waals surface area contributed by atoms with Crippen molar-refractivity contribution in [2.24, 2.45) is 0 Å². The number of ketones is 1. The summed E-state index contributed by atoms with van der Waals surface area (Å²) >= 11 is 1.55. The van der Waals surface area contributed by atoms with E-state index in [-0.39, 0.29) is 11.7 Å². The molecule has 1 aromatic carbocycles. The van der Waals surface area contributed by atoms with Crippen molar-refractivity contribution in [3.63, 3.8) is 0 Å². The molecule has 0 spiro atoms. The number of amides is 1. The van der Waals surface area contributed by atoms with Crippen molar-refractivity contribution < 1.29 is 19.1 Å². The molecule has 0 saturated carbocycles. The van der Waals surface area contributed by atoms with Crippen molar-refractivity contribution in [3.05, 3.63) is 17.7 Å². The summed E-state index contributed by atoms with van der Waals surface area (Å²) in [6, 6.07) is 3.28. The lowest BCUT2D eigenvalue weighted by Crippen LogP contribution is -2.19. The monoisotopic (exact) mass is 309 g/mol. The highest BCUT2D eigenvalue weighted by atomic mass is 32.2. The number of rotatable bonds is 5. The molecule has 0 saturated heterocycles. The third-order valence-corrected chi connectivity index (χ3v) is 3.98.